The van der Waals surface area contributed by atoms with Crippen molar-refractivity contribution in [2.45, 2.75) is 26.2 Å². The van der Waals surface area contributed by atoms with Gasteiger partial charge >= 0.3 is 0 Å². The van der Waals surface area contributed by atoms with Crippen LogP contribution in [0.3, 0.4) is 0 Å². The van der Waals surface area contributed by atoms with E-state index in [9.17, 15) is 4.79 Å². The zero-order valence-corrected chi connectivity index (χ0v) is 12.5. The highest BCUT2D eigenvalue weighted by atomic mass is 16.5. The Morgan fingerprint density at radius 3 is 2.60 bits per heavy atom. The number of rotatable bonds is 6. The van der Waals surface area contributed by atoms with Crippen molar-refractivity contribution in [2.24, 2.45) is 5.41 Å². The fourth-order valence-corrected chi connectivity index (χ4v) is 2.74. The Morgan fingerprint density at radius 1 is 1.35 bits per heavy atom. The van der Waals surface area contributed by atoms with E-state index in [1.54, 1.807) is 14.2 Å². The zero-order valence-electron chi connectivity index (χ0n) is 12.5. The van der Waals surface area contributed by atoms with Crippen molar-refractivity contribution in [3.8, 4) is 5.75 Å². The summed E-state index contributed by atoms with van der Waals surface area (Å²) in [5.41, 5.74) is 1.78. The topological polar surface area (TPSA) is 47.6 Å². The minimum atomic E-state index is -0.0208. The molecule has 0 bridgehead atoms. The minimum absolute atomic E-state index is 0.0208. The average molecular weight is 277 g/mol. The maximum atomic E-state index is 12.3. The number of benzene rings is 1. The van der Waals surface area contributed by atoms with Crippen LogP contribution in [-0.4, -0.2) is 33.3 Å². The number of nitrogens with one attached hydrogen (secondary N) is 1. The Kier molecular flexibility index (Phi) is 4.65. The molecule has 1 aromatic rings. The van der Waals surface area contributed by atoms with Crippen LogP contribution in [0.4, 0.5) is 0 Å². The molecule has 0 aliphatic heterocycles. The van der Waals surface area contributed by atoms with Gasteiger partial charge in [0, 0.05) is 24.6 Å². The number of methoxy groups -OCH3 is 2. The second-order valence-corrected chi connectivity index (χ2v) is 5.65. The maximum absolute atomic E-state index is 12.3. The van der Waals surface area contributed by atoms with Crippen LogP contribution in [0.15, 0.2) is 18.2 Å². The van der Waals surface area contributed by atoms with Crippen molar-refractivity contribution < 1.29 is 14.3 Å². The number of ether oxygens (including phenoxy) is 2. The summed E-state index contributed by atoms with van der Waals surface area (Å²) >= 11 is 0. The molecule has 0 radical (unpaired) electrons. The highest BCUT2D eigenvalue weighted by molar-refractivity contribution is 5.95. The number of carbonyl (C=O) groups is 1. The Bertz CT molecular complexity index is 481. The van der Waals surface area contributed by atoms with Gasteiger partial charge in [0.1, 0.15) is 5.75 Å². The Hall–Kier alpha value is -1.55. The van der Waals surface area contributed by atoms with Gasteiger partial charge in [0.15, 0.2) is 0 Å². The van der Waals surface area contributed by atoms with Crippen LogP contribution in [0.2, 0.25) is 0 Å². The molecule has 0 spiro atoms. The molecule has 1 aliphatic carbocycles. The third-order valence-corrected chi connectivity index (χ3v) is 4.17. The molecular formula is C16H23NO3. The van der Waals surface area contributed by atoms with Gasteiger partial charge in [-0.15, -0.1) is 0 Å². The second-order valence-electron chi connectivity index (χ2n) is 5.65. The van der Waals surface area contributed by atoms with Crippen LogP contribution in [-0.2, 0) is 4.74 Å². The van der Waals surface area contributed by atoms with E-state index in [0.717, 1.165) is 30.8 Å². The molecule has 1 aliphatic rings. The molecule has 0 atom stereocenters. The molecule has 4 nitrogen and oxygen atoms in total. The lowest BCUT2D eigenvalue weighted by Gasteiger charge is -2.41. The molecule has 110 valence electrons. The summed E-state index contributed by atoms with van der Waals surface area (Å²) in [5.74, 6) is 0.751. The molecule has 1 aromatic carbocycles. The highest BCUT2D eigenvalue weighted by Crippen LogP contribution is 2.40. The number of carbonyl (C=O) groups excluding carboxylic acids is 1. The molecular weight excluding hydrogens is 254 g/mol. The summed E-state index contributed by atoms with van der Waals surface area (Å²) in [5, 5.41) is 3.05. The molecule has 2 rings (SSSR count). The van der Waals surface area contributed by atoms with E-state index < -0.39 is 0 Å². The first-order valence-corrected chi connectivity index (χ1v) is 7.02. The average Bonchev–Trinajstić information content (AvgIpc) is 2.41. The highest BCUT2D eigenvalue weighted by Gasteiger charge is 2.37. The first-order valence-electron chi connectivity index (χ1n) is 7.02. The predicted octanol–water partition coefficient (Wildman–Crippen LogP) is 2.55. The van der Waals surface area contributed by atoms with Crippen molar-refractivity contribution >= 4 is 5.91 Å². The first-order chi connectivity index (χ1) is 9.60. The van der Waals surface area contributed by atoms with E-state index in [1.807, 2.05) is 25.1 Å². The SMILES string of the molecule is COCC1(CNC(=O)c2ccc(OC)cc2C)CCC1. The largest absolute Gasteiger partial charge is 0.497 e. The lowest BCUT2D eigenvalue weighted by atomic mass is 9.69. The van der Waals surface area contributed by atoms with Crippen molar-refractivity contribution in [3.05, 3.63) is 29.3 Å². The summed E-state index contributed by atoms with van der Waals surface area (Å²) in [7, 11) is 3.34. The van der Waals surface area contributed by atoms with Gasteiger partial charge in [-0.25, -0.2) is 0 Å². The monoisotopic (exact) mass is 277 g/mol. The molecule has 0 unspecified atom stereocenters. The summed E-state index contributed by atoms with van der Waals surface area (Å²) in [6.07, 6.45) is 3.48. The van der Waals surface area contributed by atoms with Crippen LogP contribution >= 0.6 is 0 Å². The zero-order chi connectivity index (χ0) is 14.6. The molecule has 0 heterocycles. The van der Waals surface area contributed by atoms with Gasteiger partial charge in [-0.2, -0.15) is 0 Å². The summed E-state index contributed by atoms with van der Waals surface area (Å²) in [6.45, 7) is 3.33. The Labute approximate surface area is 120 Å². The Balaban J connectivity index is 1.98. The van der Waals surface area contributed by atoms with Gasteiger partial charge in [-0.3, -0.25) is 4.79 Å². The van der Waals surface area contributed by atoms with Gasteiger partial charge in [-0.1, -0.05) is 6.42 Å². The first kappa shape index (κ1) is 14.9. The van der Waals surface area contributed by atoms with Crippen molar-refractivity contribution in [3.63, 3.8) is 0 Å². The van der Waals surface area contributed by atoms with E-state index in [0.29, 0.717) is 12.1 Å². The van der Waals surface area contributed by atoms with Crippen LogP contribution in [0, 0.1) is 12.3 Å². The van der Waals surface area contributed by atoms with Gasteiger partial charge in [0.2, 0.25) is 0 Å². The van der Waals surface area contributed by atoms with Crippen molar-refractivity contribution in [2.75, 3.05) is 27.4 Å². The fraction of sp³-hybridized carbons (Fsp3) is 0.562. The van der Waals surface area contributed by atoms with Gasteiger partial charge in [0.05, 0.1) is 13.7 Å². The molecule has 0 aromatic heterocycles. The smallest absolute Gasteiger partial charge is 0.251 e. The minimum Gasteiger partial charge on any atom is -0.497 e. The quantitative estimate of drug-likeness (QED) is 0.869. The van der Waals surface area contributed by atoms with E-state index >= 15 is 0 Å². The van der Waals surface area contributed by atoms with Crippen molar-refractivity contribution in [1.29, 1.82) is 0 Å². The van der Waals surface area contributed by atoms with Crippen LogP contribution in [0.1, 0.15) is 35.2 Å². The van der Waals surface area contributed by atoms with Gasteiger partial charge in [0.25, 0.3) is 5.91 Å². The van der Waals surface area contributed by atoms with Crippen LogP contribution in [0.5, 0.6) is 5.75 Å². The number of amides is 1. The van der Waals surface area contributed by atoms with Crippen LogP contribution in [0.25, 0.3) is 0 Å². The van der Waals surface area contributed by atoms with Crippen molar-refractivity contribution in [1.82, 2.24) is 5.32 Å². The maximum Gasteiger partial charge on any atom is 0.251 e. The summed E-state index contributed by atoms with van der Waals surface area (Å²) in [4.78, 5) is 12.3. The van der Waals surface area contributed by atoms with Crippen LogP contribution < -0.4 is 10.1 Å². The third-order valence-electron chi connectivity index (χ3n) is 4.17. The van der Waals surface area contributed by atoms with E-state index in [4.69, 9.17) is 9.47 Å². The standard InChI is InChI=1S/C16H23NO3/c1-12-9-13(20-3)5-6-14(12)15(18)17-10-16(11-19-2)7-4-8-16/h5-6,9H,4,7-8,10-11H2,1-3H3,(H,17,18). The predicted molar refractivity (Wildman–Crippen MR) is 78.2 cm³/mol. The molecule has 1 saturated carbocycles. The summed E-state index contributed by atoms with van der Waals surface area (Å²) < 4.78 is 10.4. The number of hydrogen-bond acceptors (Lipinski definition) is 3. The lowest BCUT2D eigenvalue weighted by molar-refractivity contribution is 0.0180. The number of hydrogen-bond donors (Lipinski definition) is 1. The third kappa shape index (κ3) is 3.12. The van der Waals surface area contributed by atoms with E-state index in [2.05, 4.69) is 5.32 Å². The lowest BCUT2D eigenvalue weighted by Crippen LogP contribution is -2.45. The molecule has 1 amide bonds. The molecule has 1 N–H and O–H groups in total. The van der Waals surface area contributed by atoms with Gasteiger partial charge < -0.3 is 14.8 Å². The molecule has 1 fully saturated rings. The van der Waals surface area contributed by atoms with E-state index in [-0.39, 0.29) is 11.3 Å². The molecule has 0 saturated heterocycles. The fourth-order valence-electron chi connectivity index (χ4n) is 2.74. The van der Waals surface area contributed by atoms with Gasteiger partial charge in [-0.05, 0) is 43.5 Å². The molecule has 20 heavy (non-hydrogen) atoms. The normalized spacial score (nSPS) is 16.4. The number of aryl methyl sites for hydroxylation is 1. The van der Waals surface area contributed by atoms with E-state index in [1.165, 1.54) is 6.42 Å². The second kappa shape index (κ2) is 6.27. The Morgan fingerprint density at radius 2 is 2.10 bits per heavy atom. The summed E-state index contributed by atoms with van der Waals surface area (Å²) in [6, 6.07) is 5.51. The molecule has 4 heteroatoms.